The number of ether oxygens (including phenoxy) is 1. The molecule has 2 aliphatic rings. The zero-order chi connectivity index (χ0) is 17.3. The number of benzene rings is 1. The second-order valence-electron chi connectivity index (χ2n) is 6.93. The summed E-state index contributed by atoms with van der Waals surface area (Å²) < 4.78 is 32.5. The van der Waals surface area contributed by atoms with Crippen LogP contribution in [0.4, 0.5) is 8.78 Å². The first-order valence-corrected chi connectivity index (χ1v) is 8.57. The van der Waals surface area contributed by atoms with Crippen molar-refractivity contribution in [1.29, 1.82) is 0 Å². The van der Waals surface area contributed by atoms with Gasteiger partial charge in [0.1, 0.15) is 11.6 Å². The van der Waals surface area contributed by atoms with E-state index in [9.17, 15) is 13.6 Å². The van der Waals surface area contributed by atoms with E-state index in [0.717, 1.165) is 50.7 Å². The van der Waals surface area contributed by atoms with Crippen molar-refractivity contribution in [3.05, 3.63) is 35.4 Å². The van der Waals surface area contributed by atoms with E-state index < -0.39 is 11.6 Å². The van der Waals surface area contributed by atoms with Gasteiger partial charge in [-0.3, -0.25) is 9.69 Å². The molecule has 24 heavy (non-hydrogen) atoms. The second-order valence-corrected chi connectivity index (χ2v) is 6.93. The van der Waals surface area contributed by atoms with Gasteiger partial charge in [0, 0.05) is 43.9 Å². The first kappa shape index (κ1) is 17.3. The first-order chi connectivity index (χ1) is 11.4. The Hall–Kier alpha value is -1.53. The van der Waals surface area contributed by atoms with Crippen LogP contribution in [0.1, 0.15) is 37.0 Å². The SMILES string of the molecule is CC1CN(CC2CCCN2C(=O)c2cc(F)cc(F)c2)CC(C)O1. The molecule has 0 saturated carbocycles. The molecule has 2 aliphatic heterocycles. The molecule has 1 aromatic rings. The van der Waals surface area contributed by atoms with Crippen LogP contribution in [0.25, 0.3) is 0 Å². The molecule has 132 valence electrons. The smallest absolute Gasteiger partial charge is 0.254 e. The molecular formula is C18H24F2N2O2. The van der Waals surface area contributed by atoms with E-state index >= 15 is 0 Å². The Kier molecular flexibility index (Phi) is 5.15. The molecule has 0 spiro atoms. The highest BCUT2D eigenvalue weighted by Crippen LogP contribution is 2.23. The minimum Gasteiger partial charge on any atom is -0.373 e. The van der Waals surface area contributed by atoms with Gasteiger partial charge in [0.05, 0.1) is 12.2 Å². The topological polar surface area (TPSA) is 32.8 Å². The fraction of sp³-hybridized carbons (Fsp3) is 0.611. The zero-order valence-corrected chi connectivity index (χ0v) is 14.2. The van der Waals surface area contributed by atoms with Gasteiger partial charge in [-0.1, -0.05) is 0 Å². The number of carbonyl (C=O) groups excluding carboxylic acids is 1. The summed E-state index contributed by atoms with van der Waals surface area (Å²) in [5, 5.41) is 0. The molecule has 0 N–H and O–H groups in total. The number of morpholine rings is 1. The molecule has 2 heterocycles. The van der Waals surface area contributed by atoms with Crippen molar-refractivity contribution >= 4 is 5.91 Å². The average Bonchev–Trinajstić information content (AvgIpc) is 2.92. The molecule has 0 aliphatic carbocycles. The lowest BCUT2D eigenvalue weighted by molar-refractivity contribution is -0.0715. The number of carbonyl (C=O) groups is 1. The van der Waals surface area contributed by atoms with E-state index in [1.54, 1.807) is 4.90 Å². The van der Waals surface area contributed by atoms with Crippen LogP contribution in [0.3, 0.4) is 0 Å². The summed E-state index contributed by atoms with van der Waals surface area (Å²) >= 11 is 0. The van der Waals surface area contributed by atoms with E-state index in [-0.39, 0.29) is 29.7 Å². The summed E-state index contributed by atoms with van der Waals surface area (Å²) in [5.74, 6) is -1.72. The largest absolute Gasteiger partial charge is 0.373 e. The Morgan fingerprint density at radius 3 is 2.42 bits per heavy atom. The Labute approximate surface area is 141 Å². The van der Waals surface area contributed by atoms with Gasteiger partial charge >= 0.3 is 0 Å². The predicted molar refractivity (Wildman–Crippen MR) is 86.9 cm³/mol. The molecule has 1 aromatic carbocycles. The lowest BCUT2D eigenvalue weighted by Crippen LogP contribution is -2.50. The van der Waals surface area contributed by atoms with Crippen molar-refractivity contribution in [2.75, 3.05) is 26.2 Å². The molecule has 2 saturated heterocycles. The summed E-state index contributed by atoms with van der Waals surface area (Å²) in [5.41, 5.74) is 0.0862. The van der Waals surface area contributed by atoms with Gasteiger partial charge in [0.2, 0.25) is 0 Å². The Balaban J connectivity index is 1.69. The molecule has 3 unspecified atom stereocenters. The van der Waals surface area contributed by atoms with Crippen LogP contribution in [-0.2, 0) is 4.74 Å². The average molecular weight is 338 g/mol. The molecule has 4 nitrogen and oxygen atoms in total. The number of rotatable bonds is 3. The third-order valence-electron chi connectivity index (χ3n) is 4.71. The van der Waals surface area contributed by atoms with Gasteiger partial charge in [-0.05, 0) is 38.8 Å². The highest BCUT2D eigenvalue weighted by atomic mass is 19.1. The Morgan fingerprint density at radius 1 is 1.17 bits per heavy atom. The number of likely N-dealkylation sites (tertiary alicyclic amines) is 1. The summed E-state index contributed by atoms with van der Waals surface area (Å²) in [6, 6.07) is 3.09. The lowest BCUT2D eigenvalue weighted by atomic mass is 10.1. The molecule has 2 fully saturated rings. The first-order valence-electron chi connectivity index (χ1n) is 8.57. The highest BCUT2D eigenvalue weighted by molar-refractivity contribution is 5.94. The molecular weight excluding hydrogens is 314 g/mol. The van der Waals surface area contributed by atoms with Crippen LogP contribution in [-0.4, -0.2) is 60.1 Å². The summed E-state index contributed by atoms with van der Waals surface area (Å²) in [6.45, 7) is 7.21. The van der Waals surface area contributed by atoms with Gasteiger partial charge in [-0.25, -0.2) is 8.78 Å². The number of hydrogen-bond donors (Lipinski definition) is 0. The standard InChI is InChI=1S/C18H24F2N2O2/c1-12-9-21(10-13(2)24-12)11-17-4-3-5-22(17)18(23)14-6-15(19)8-16(20)7-14/h6-8,12-13,17H,3-5,9-11H2,1-2H3. The molecule has 0 radical (unpaired) electrons. The van der Waals surface area contributed by atoms with Crippen LogP contribution in [0.2, 0.25) is 0 Å². The minimum absolute atomic E-state index is 0.0846. The third-order valence-corrected chi connectivity index (χ3v) is 4.71. The van der Waals surface area contributed by atoms with E-state index in [0.29, 0.717) is 6.54 Å². The number of nitrogens with zero attached hydrogens (tertiary/aromatic N) is 2. The van der Waals surface area contributed by atoms with Crippen LogP contribution >= 0.6 is 0 Å². The fourth-order valence-electron chi connectivity index (χ4n) is 3.87. The molecule has 0 bridgehead atoms. The molecule has 1 amide bonds. The Bertz CT molecular complexity index is 580. The van der Waals surface area contributed by atoms with Crippen LogP contribution in [0.15, 0.2) is 18.2 Å². The van der Waals surface area contributed by atoms with Gasteiger partial charge in [0.25, 0.3) is 5.91 Å². The third kappa shape index (κ3) is 3.92. The summed E-state index contributed by atoms with van der Waals surface area (Å²) in [6.07, 6.45) is 2.20. The van der Waals surface area contributed by atoms with Crippen molar-refractivity contribution in [2.24, 2.45) is 0 Å². The van der Waals surface area contributed by atoms with Crippen molar-refractivity contribution in [3.8, 4) is 0 Å². The van der Waals surface area contributed by atoms with E-state index in [2.05, 4.69) is 18.7 Å². The lowest BCUT2D eigenvalue weighted by Gasteiger charge is -2.38. The fourth-order valence-corrected chi connectivity index (χ4v) is 3.87. The number of halogens is 2. The van der Waals surface area contributed by atoms with Gasteiger partial charge in [-0.2, -0.15) is 0 Å². The van der Waals surface area contributed by atoms with Crippen LogP contribution < -0.4 is 0 Å². The Morgan fingerprint density at radius 2 is 1.79 bits per heavy atom. The quantitative estimate of drug-likeness (QED) is 0.849. The normalized spacial score (nSPS) is 28.3. The zero-order valence-electron chi connectivity index (χ0n) is 14.2. The van der Waals surface area contributed by atoms with Crippen molar-refractivity contribution < 1.29 is 18.3 Å². The highest BCUT2D eigenvalue weighted by Gasteiger charge is 2.33. The number of hydrogen-bond acceptors (Lipinski definition) is 3. The van der Waals surface area contributed by atoms with Crippen LogP contribution in [0, 0.1) is 11.6 Å². The summed E-state index contributed by atoms with van der Waals surface area (Å²) in [4.78, 5) is 16.8. The minimum atomic E-state index is -0.718. The molecule has 3 rings (SSSR count). The van der Waals surface area contributed by atoms with Gasteiger partial charge in [0.15, 0.2) is 0 Å². The van der Waals surface area contributed by atoms with E-state index in [4.69, 9.17) is 4.74 Å². The maximum Gasteiger partial charge on any atom is 0.254 e. The van der Waals surface area contributed by atoms with Crippen molar-refractivity contribution in [1.82, 2.24) is 9.80 Å². The second kappa shape index (κ2) is 7.15. The molecule has 0 aromatic heterocycles. The monoisotopic (exact) mass is 338 g/mol. The van der Waals surface area contributed by atoms with Crippen LogP contribution in [0.5, 0.6) is 0 Å². The van der Waals surface area contributed by atoms with E-state index in [1.165, 1.54) is 0 Å². The summed E-state index contributed by atoms with van der Waals surface area (Å²) in [7, 11) is 0. The maximum atomic E-state index is 13.4. The van der Waals surface area contributed by atoms with E-state index in [1.807, 2.05) is 0 Å². The molecule has 3 atom stereocenters. The van der Waals surface area contributed by atoms with Crippen molar-refractivity contribution in [3.63, 3.8) is 0 Å². The number of amides is 1. The maximum absolute atomic E-state index is 13.4. The van der Waals surface area contributed by atoms with Crippen molar-refractivity contribution in [2.45, 2.75) is 44.9 Å². The molecule has 6 heteroatoms. The van der Waals surface area contributed by atoms with Gasteiger partial charge < -0.3 is 9.64 Å². The predicted octanol–water partition coefficient (Wildman–Crippen LogP) is 2.68. The van der Waals surface area contributed by atoms with Gasteiger partial charge in [-0.15, -0.1) is 0 Å².